The third-order valence-corrected chi connectivity index (χ3v) is 2.16. The molecule has 0 aliphatic heterocycles. The highest BCUT2D eigenvalue weighted by atomic mass is 19.3. The number of aliphatic hydroxyl groups is 1. The standard InChI is InChI=1S/C10H9F3N2O4/c11-5-1-2-6(7(3-5)15(18)19)10(17)14-4-8(16)9(12)13/h1-3,8-9,16H,4H2,(H,14,17). The van der Waals surface area contributed by atoms with Crippen LogP contribution in [-0.4, -0.2) is 35.0 Å². The van der Waals surface area contributed by atoms with E-state index in [9.17, 15) is 28.1 Å². The van der Waals surface area contributed by atoms with Crippen molar-refractivity contribution in [2.24, 2.45) is 0 Å². The van der Waals surface area contributed by atoms with Crippen LogP contribution in [0.1, 0.15) is 10.4 Å². The van der Waals surface area contributed by atoms with Gasteiger partial charge in [-0.25, -0.2) is 13.2 Å². The quantitative estimate of drug-likeness (QED) is 0.623. The summed E-state index contributed by atoms with van der Waals surface area (Å²) in [5, 5.41) is 21.3. The summed E-state index contributed by atoms with van der Waals surface area (Å²) >= 11 is 0. The molecule has 19 heavy (non-hydrogen) atoms. The Balaban J connectivity index is 2.85. The van der Waals surface area contributed by atoms with Crippen LogP contribution in [0.25, 0.3) is 0 Å². The molecule has 1 aromatic rings. The van der Waals surface area contributed by atoms with E-state index in [1.165, 1.54) is 0 Å². The normalized spacial score (nSPS) is 12.3. The van der Waals surface area contributed by atoms with Crippen LogP contribution in [0.3, 0.4) is 0 Å². The first-order chi connectivity index (χ1) is 8.82. The van der Waals surface area contributed by atoms with Gasteiger partial charge in [0.05, 0.1) is 11.0 Å². The fourth-order valence-electron chi connectivity index (χ4n) is 1.23. The lowest BCUT2D eigenvalue weighted by Crippen LogP contribution is -2.36. The molecule has 0 fully saturated rings. The summed E-state index contributed by atoms with van der Waals surface area (Å²) in [6.45, 7) is -0.773. The van der Waals surface area contributed by atoms with E-state index in [4.69, 9.17) is 5.11 Å². The van der Waals surface area contributed by atoms with E-state index < -0.39 is 47.0 Å². The summed E-state index contributed by atoms with van der Waals surface area (Å²) in [7, 11) is 0. The monoisotopic (exact) mass is 278 g/mol. The zero-order valence-electron chi connectivity index (χ0n) is 9.35. The highest BCUT2D eigenvalue weighted by Crippen LogP contribution is 2.19. The molecule has 2 N–H and O–H groups in total. The number of nitro groups is 1. The number of carbonyl (C=O) groups excluding carboxylic acids is 1. The topological polar surface area (TPSA) is 92.5 Å². The van der Waals surface area contributed by atoms with Crippen molar-refractivity contribution in [3.8, 4) is 0 Å². The number of nitrogens with zero attached hydrogens (tertiary/aromatic N) is 1. The Hall–Kier alpha value is -2.16. The van der Waals surface area contributed by atoms with Gasteiger partial charge in [-0.3, -0.25) is 14.9 Å². The van der Waals surface area contributed by atoms with Gasteiger partial charge in [0.2, 0.25) is 0 Å². The maximum atomic E-state index is 12.8. The van der Waals surface area contributed by atoms with Crippen LogP contribution in [0.5, 0.6) is 0 Å². The van der Waals surface area contributed by atoms with E-state index in [1.807, 2.05) is 5.32 Å². The zero-order chi connectivity index (χ0) is 14.6. The molecular formula is C10H9F3N2O4. The first-order valence-corrected chi connectivity index (χ1v) is 5.01. The van der Waals surface area contributed by atoms with Crippen LogP contribution in [0.4, 0.5) is 18.9 Å². The molecule has 0 aliphatic carbocycles. The van der Waals surface area contributed by atoms with Crippen LogP contribution < -0.4 is 5.32 Å². The van der Waals surface area contributed by atoms with Crippen molar-refractivity contribution in [3.05, 3.63) is 39.7 Å². The molecular weight excluding hydrogens is 269 g/mol. The van der Waals surface area contributed by atoms with E-state index in [-0.39, 0.29) is 0 Å². The van der Waals surface area contributed by atoms with Crippen molar-refractivity contribution < 1.29 is 28.0 Å². The van der Waals surface area contributed by atoms with E-state index in [2.05, 4.69) is 0 Å². The summed E-state index contributed by atoms with van der Waals surface area (Å²) < 4.78 is 36.8. The zero-order valence-corrected chi connectivity index (χ0v) is 9.35. The van der Waals surface area contributed by atoms with Crippen molar-refractivity contribution in [2.45, 2.75) is 12.5 Å². The van der Waals surface area contributed by atoms with E-state index in [1.54, 1.807) is 0 Å². The number of hydrogen-bond donors (Lipinski definition) is 2. The van der Waals surface area contributed by atoms with Crippen LogP contribution in [0, 0.1) is 15.9 Å². The molecule has 9 heteroatoms. The summed E-state index contributed by atoms with van der Waals surface area (Å²) in [5.74, 6) is -1.96. The molecule has 0 bridgehead atoms. The highest BCUT2D eigenvalue weighted by molar-refractivity contribution is 5.98. The van der Waals surface area contributed by atoms with Gasteiger partial charge in [-0.1, -0.05) is 0 Å². The third kappa shape index (κ3) is 3.91. The molecule has 1 amide bonds. The first-order valence-electron chi connectivity index (χ1n) is 5.01. The SMILES string of the molecule is O=C(NCC(O)C(F)F)c1ccc(F)cc1[N+](=O)[O-]. The first kappa shape index (κ1) is 14.9. The number of benzene rings is 1. The second kappa shape index (κ2) is 6.14. The van der Waals surface area contributed by atoms with Gasteiger partial charge in [-0.15, -0.1) is 0 Å². The fraction of sp³-hybridized carbons (Fsp3) is 0.300. The van der Waals surface area contributed by atoms with Gasteiger partial charge in [0.1, 0.15) is 17.5 Å². The van der Waals surface area contributed by atoms with Crippen LogP contribution in [0.2, 0.25) is 0 Å². The Morgan fingerprint density at radius 3 is 2.63 bits per heavy atom. The van der Waals surface area contributed by atoms with Gasteiger partial charge >= 0.3 is 0 Å². The molecule has 1 rings (SSSR count). The average Bonchev–Trinajstić information content (AvgIpc) is 2.35. The Kier molecular flexibility index (Phi) is 4.81. The molecule has 1 aromatic carbocycles. The number of rotatable bonds is 5. The van der Waals surface area contributed by atoms with Crippen molar-refractivity contribution in [1.29, 1.82) is 0 Å². The predicted molar refractivity (Wildman–Crippen MR) is 57.4 cm³/mol. The molecule has 1 atom stereocenters. The molecule has 0 aliphatic rings. The Bertz CT molecular complexity index is 496. The number of halogens is 3. The van der Waals surface area contributed by atoms with Crippen molar-refractivity contribution in [3.63, 3.8) is 0 Å². The lowest BCUT2D eigenvalue weighted by molar-refractivity contribution is -0.385. The van der Waals surface area contributed by atoms with Gasteiger partial charge in [0.15, 0.2) is 0 Å². The van der Waals surface area contributed by atoms with E-state index >= 15 is 0 Å². The van der Waals surface area contributed by atoms with Gasteiger partial charge in [-0.2, -0.15) is 0 Å². The number of nitro benzene ring substituents is 1. The molecule has 6 nitrogen and oxygen atoms in total. The molecule has 0 saturated carbocycles. The number of amides is 1. The highest BCUT2D eigenvalue weighted by Gasteiger charge is 2.23. The lowest BCUT2D eigenvalue weighted by atomic mass is 10.1. The fourth-order valence-corrected chi connectivity index (χ4v) is 1.23. The van der Waals surface area contributed by atoms with Crippen molar-refractivity contribution >= 4 is 11.6 Å². The van der Waals surface area contributed by atoms with Crippen LogP contribution in [-0.2, 0) is 0 Å². The summed E-state index contributed by atoms with van der Waals surface area (Å²) in [5.41, 5.74) is -1.27. The van der Waals surface area contributed by atoms with E-state index in [0.717, 1.165) is 12.1 Å². The predicted octanol–water partition coefficient (Wildman–Crippen LogP) is 1.09. The summed E-state index contributed by atoms with van der Waals surface area (Å²) in [6, 6.07) is 2.22. The number of aliphatic hydroxyl groups excluding tert-OH is 1. The lowest BCUT2D eigenvalue weighted by Gasteiger charge is -2.10. The molecule has 0 saturated heterocycles. The largest absolute Gasteiger partial charge is 0.385 e. The van der Waals surface area contributed by atoms with Gasteiger partial charge in [0, 0.05) is 6.54 Å². The average molecular weight is 278 g/mol. The number of alkyl halides is 2. The molecule has 104 valence electrons. The molecule has 0 aromatic heterocycles. The van der Waals surface area contributed by atoms with Crippen molar-refractivity contribution in [2.75, 3.05) is 6.54 Å². The molecule has 0 spiro atoms. The maximum absolute atomic E-state index is 12.8. The van der Waals surface area contributed by atoms with Gasteiger partial charge in [0.25, 0.3) is 18.0 Å². The summed E-state index contributed by atoms with van der Waals surface area (Å²) in [6.07, 6.45) is -5.13. The number of nitrogens with one attached hydrogen (secondary N) is 1. The maximum Gasteiger partial charge on any atom is 0.285 e. The number of hydrogen-bond acceptors (Lipinski definition) is 4. The minimum absolute atomic E-state index is 0.479. The van der Waals surface area contributed by atoms with Crippen LogP contribution >= 0.6 is 0 Å². The molecule has 1 unspecified atom stereocenters. The Morgan fingerprint density at radius 1 is 1.47 bits per heavy atom. The Labute approximate surface area is 105 Å². The smallest absolute Gasteiger partial charge is 0.285 e. The second-order valence-electron chi connectivity index (χ2n) is 3.53. The summed E-state index contributed by atoms with van der Waals surface area (Å²) in [4.78, 5) is 21.2. The second-order valence-corrected chi connectivity index (χ2v) is 3.53. The molecule has 0 heterocycles. The number of carbonyl (C=O) groups is 1. The van der Waals surface area contributed by atoms with E-state index in [0.29, 0.717) is 6.07 Å². The minimum Gasteiger partial charge on any atom is -0.385 e. The van der Waals surface area contributed by atoms with Crippen LogP contribution in [0.15, 0.2) is 18.2 Å². The minimum atomic E-state index is -3.05. The van der Waals surface area contributed by atoms with Gasteiger partial charge in [-0.05, 0) is 12.1 Å². The van der Waals surface area contributed by atoms with Crippen molar-refractivity contribution in [1.82, 2.24) is 5.32 Å². The Morgan fingerprint density at radius 2 is 2.11 bits per heavy atom. The molecule has 0 radical (unpaired) electrons. The van der Waals surface area contributed by atoms with Gasteiger partial charge < -0.3 is 10.4 Å². The third-order valence-electron chi connectivity index (χ3n) is 2.16.